The first-order chi connectivity index (χ1) is 24.4. The van der Waals surface area contributed by atoms with Gasteiger partial charge in [0.05, 0.1) is 5.39 Å². The van der Waals surface area contributed by atoms with Crippen LogP contribution in [-0.4, -0.2) is 0 Å². The van der Waals surface area contributed by atoms with E-state index >= 15 is 0 Å². The van der Waals surface area contributed by atoms with Gasteiger partial charge in [-0.15, -0.1) is 0 Å². The van der Waals surface area contributed by atoms with E-state index in [1.807, 2.05) is 78.9 Å². The van der Waals surface area contributed by atoms with Crippen LogP contribution in [0.5, 0.6) is 0 Å². The Labute approximate surface area is 291 Å². The van der Waals surface area contributed by atoms with E-state index in [1.165, 1.54) is 0 Å². The Balaban J connectivity index is 1.39. The van der Waals surface area contributed by atoms with Crippen LogP contribution < -0.4 is 10.6 Å². The SMILES string of the molecule is C=C/C=C\C(=C)C(=C)/C=C\C(=C)c1ccccccc(C(=C)/C=c2\c(=C)oc3c2ccc2ccc4c5ccccc5oc4c23)c2ccccc12. The minimum absolute atomic E-state index is 0.567. The van der Waals surface area contributed by atoms with E-state index in [0.29, 0.717) is 5.42 Å². The van der Waals surface area contributed by atoms with Crippen LogP contribution in [0.25, 0.3) is 78.3 Å². The molecule has 0 N–H and O–H groups in total. The molecule has 0 saturated carbocycles. The number of rotatable bonds is 8. The summed E-state index contributed by atoms with van der Waals surface area (Å²) in [7, 11) is 0. The lowest BCUT2D eigenvalue weighted by atomic mass is 9.95. The lowest BCUT2D eigenvalue weighted by Gasteiger charge is -2.09. The lowest BCUT2D eigenvalue weighted by molar-refractivity contribution is 0.580. The summed E-state index contributed by atoms with van der Waals surface area (Å²) < 4.78 is 12.9. The van der Waals surface area contributed by atoms with Gasteiger partial charge in [0, 0.05) is 21.4 Å². The number of para-hydroxylation sites is 1. The van der Waals surface area contributed by atoms with Crippen molar-refractivity contribution in [3.63, 3.8) is 0 Å². The van der Waals surface area contributed by atoms with E-state index < -0.39 is 0 Å². The molecular formula is C48H36O2. The quantitative estimate of drug-likeness (QED) is 0.154. The van der Waals surface area contributed by atoms with Gasteiger partial charge in [0.1, 0.15) is 22.2 Å². The minimum Gasteiger partial charge on any atom is -0.456 e. The maximum Gasteiger partial charge on any atom is 0.147 e. The fourth-order valence-corrected chi connectivity index (χ4v) is 6.43. The van der Waals surface area contributed by atoms with E-state index in [9.17, 15) is 0 Å². The van der Waals surface area contributed by atoms with E-state index in [-0.39, 0.29) is 0 Å². The molecular weight excluding hydrogens is 609 g/mol. The number of hydrogen-bond donors (Lipinski definition) is 0. The molecule has 0 atom stereocenters. The summed E-state index contributed by atoms with van der Waals surface area (Å²) in [6.07, 6.45) is 11.4. The highest BCUT2D eigenvalue weighted by atomic mass is 16.3. The summed E-state index contributed by atoms with van der Waals surface area (Å²) in [5, 5.41) is 8.01. The van der Waals surface area contributed by atoms with E-state index in [2.05, 4.69) is 100 Å². The van der Waals surface area contributed by atoms with Crippen LogP contribution in [0.4, 0.5) is 0 Å². The van der Waals surface area contributed by atoms with Gasteiger partial charge in [-0.3, -0.25) is 0 Å². The Kier molecular flexibility index (Phi) is 8.60. The smallest absolute Gasteiger partial charge is 0.147 e. The summed E-state index contributed by atoms with van der Waals surface area (Å²) in [6, 6.07) is 37.1. The molecule has 2 aromatic heterocycles. The largest absolute Gasteiger partial charge is 0.456 e. The Morgan fingerprint density at radius 2 is 1.10 bits per heavy atom. The summed E-state index contributed by atoms with van der Waals surface area (Å²) in [6.45, 7) is 25.4. The lowest BCUT2D eigenvalue weighted by Crippen LogP contribution is -2.18. The van der Waals surface area contributed by atoms with Crippen molar-refractivity contribution in [2.24, 2.45) is 0 Å². The first-order valence-corrected chi connectivity index (χ1v) is 16.4. The van der Waals surface area contributed by atoms with Gasteiger partial charge in [-0.05, 0) is 73.9 Å². The number of hydrogen-bond acceptors (Lipinski definition) is 2. The van der Waals surface area contributed by atoms with Crippen LogP contribution in [-0.2, 0) is 0 Å². The molecule has 2 heteroatoms. The van der Waals surface area contributed by atoms with E-state index in [4.69, 9.17) is 8.83 Å². The molecule has 7 rings (SSSR count). The molecule has 0 bridgehead atoms. The predicted molar refractivity (Wildman–Crippen MR) is 217 cm³/mol. The fourth-order valence-electron chi connectivity index (χ4n) is 6.43. The zero-order valence-corrected chi connectivity index (χ0v) is 27.9. The molecule has 0 aliphatic rings. The number of fused-ring (bicyclic) bond motifs is 8. The van der Waals surface area contributed by atoms with Crippen LogP contribution in [0.15, 0.2) is 192 Å². The number of benzene rings is 4. The first kappa shape index (κ1) is 31.9. The molecule has 2 nitrogen and oxygen atoms in total. The second-order valence-electron chi connectivity index (χ2n) is 12.2. The second kappa shape index (κ2) is 13.5. The van der Waals surface area contributed by atoms with Crippen molar-refractivity contribution in [1.82, 2.24) is 0 Å². The van der Waals surface area contributed by atoms with Crippen LogP contribution in [0, 0.1) is 0 Å². The van der Waals surface area contributed by atoms with Gasteiger partial charge >= 0.3 is 0 Å². The van der Waals surface area contributed by atoms with Crippen molar-refractivity contribution in [3.8, 4) is 0 Å². The van der Waals surface area contributed by atoms with Crippen molar-refractivity contribution in [3.05, 3.63) is 205 Å². The monoisotopic (exact) mass is 644 g/mol. The van der Waals surface area contributed by atoms with Gasteiger partial charge in [-0.1, -0.05) is 161 Å². The normalized spacial score (nSPS) is 12.0. The molecule has 0 aliphatic heterocycles. The Morgan fingerprint density at radius 1 is 0.520 bits per heavy atom. The highest BCUT2D eigenvalue weighted by molar-refractivity contribution is 6.21. The van der Waals surface area contributed by atoms with Crippen LogP contribution in [0.1, 0.15) is 11.1 Å². The standard InChI is InChI=1S/C48H36O2/c1-7-8-17-31(2)32(3)24-25-33(4)37-18-11-9-10-12-19-38(40-21-14-13-20-39(37)40)34(5)30-44-35(6)49-47-43(44)29-27-36-26-28-42-41-22-15-16-23-45(41)50-48(42)46(36)47/h7-30H,1-6H2/b10-9?,11-9?,12-10?,17-8-,18-11?,19-12?,25-24-,37-18?,38-19?,39-37?,40-38?,44-30+. The Bertz CT molecular complexity index is 2810. The summed E-state index contributed by atoms with van der Waals surface area (Å²) >= 11 is 0. The van der Waals surface area contributed by atoms with E-state index in [1.54, 1.807) is 6.08 Å². The summed E-state index contributed by atoms with van der Waals surface area (Å²) in [4.78, 5) is 0. The third-order valence-electron chi connectivity index (χ3n) is 9.00. The van der Waals surface area contributed by atoms with Gasteiger partial charge in [-0.25, -0.2) is 0 Å². The molecule has 7 aromatic rings. The molecule has 0 amide bonds. The van der Waals surface area contributed by atoms with E-state index in [0.717, 1.165) is 93.1 Å². The maximum atomic E-state index is 6.45. The van der Waals surface area contributed by atoms with Crippen molar-refractivity contribution in [2.45, 2.75) is 0 Å². The molecule has 0 fully saturated rings. The molecule has 0 unspecified atom stereocenters. The average molecular weight is 645 g/mol. The van der Waals surface area contributed by atoms with Crippen molar-refractivity contribution < 1.29 is 8.83 Å². The van der Waals surface area contributed by atoms with Gasteiger partial charge in [0.25, 0.3) is 0 Å². The predicted octanol–water partition coefficient (Wildman–Crippen LogP) is 12.1. The second-order valence-corrected chi connectivity index (χ2v) is 12.2. The van der Waals surface area contributed by atoms with Crippen LogP contribution in [0.3, 0.4) is 0 Å². The highest BCUT2D eigenvalue weighted by Crippen LogP contribution is 2.37. The van der Waals surface area contributed by atoms with Crippen LogP contribution >= 0.6 is 0 Å². The molecule has 240 valence electrons. The molecule has 0 aliphatic carbocycles. The Hall–Kier alpha value is -6.64. The zero-order chi connectivity index (χ0) is 34.8. The highest BCUT2D eigenvalue weighted by Gasteiger charge is 2.16. The van der Waals surface area contributed by atoms with Crippen molar-refractivity contribution in [2.75, 3.05) is 0 Å². The molecule has 5 aromatic carbocycles. The topological polar surface area (TPSA) is 26.3 Å². The van der Waals surface area contributed by atoms with Crippen molar-refractivity contribution in [1.29, 1.82) is 0 Å². The van der Waals surface area contributed by atoms with Gasteiger partial charge in [0.15, 0.2) is 0 Å². The number of allylic oxidation sites excluding steroid dienone is 9. The van der Waals surface area contributed by atoms with Gasteiger partial charge < -0.3 is 8.83 Å². The van der Waals surface area contributed by atoms with Crippen LogP contribution in [0.2, 0.25) is 0 Å². The Morgan fingerprint density at radius 3 is 1.80 bits per heavy atom. The zero-order valence-electron chi connectivity index (χ0n) is 27.9. The first-order valence-electron chi connectivity index (χ1n) is 16.4. The van der Waals surface area contributed by atoms with Gasteiger partial charge in [-0.2, -0.15) is 0 Å². The third kappa shape index (κ3) is 5.85. The fraction of sp³-hybridized carbons (Fsp3) is 0. The molecule has 0 saturated heterocycles. The molecule has 0 spiro atoms. The summed E-state index contributed by atoms with van der Waals surface area (Å²) in [5.74, 6) is 0. The van der Waals surface area contributed by atoms with Crippen molar-refractivity contribution >= 4 is 78.3 Å². The van der Waals surface area contributed by atoms with Gasteiger partial charge in [0.2, 0.25) is 0 Å². The summed E-state index contributed by atoms with van der Waals surface area (Å²) in [5.41, 5.74) is 8.19. The third-order valence-corrected chi connectivity index (χ3v) is 9.00. The number of furan rings is 2. The minimum atomic E-state index is 0.567. The maximum absolute atomic E-state index is 6.45. The molecule has 50 heavy (non-hydrogen) atoms. The molecule has 2 heterocycles. The average Bonchev–Trinajstić information content (AvgIpc) is 3.67. The molecule has 0 radical (unpaired) electrons.